The molecule has 1 aromatic heterocycles. The van der Waals surface area contributed by atoms with Crippen LogP contribution < -0.4 is 4.74 Å². The van der Waals surface area contributed by atoms with Crippen LogP contribution >= 0.6 is 0 Å². The summed E-state index contributed by atoms with van der Waals surface area (Å²) in [6.45, 7) is 3.54. The first-order valence-electron chi connectivity index (χ1n) is 11.7. The molecule has 0 saturated carbocycles. The van der Waals surface area contributed by atoms with Gasteiger partial charge in [-0.15, -0.1) is 0 Å². The maximum Gasteiger partial charge on any atom is 0.246 e. The van der Waals surface area contributed by atoms with Crippen LogP contribution in [0.15, 0.2) is 51.9 Å². The summed E-state index contributed by atoms with van der Waals surface area (Å²) in [5, 5.41) is 4.01. The Morgan fingerprint density at radius 3 is 2.56 bits per heavy atom. The summed E-state index contributed by atoms with van der Waals surface area (Å²) in [6.07, 6.45) is 0.476. The first kappa shape index (κ1) is 25.8. The molecule has 0 bridgehead atoms. The highest BCUT2D eigenvalue weighted by Crippen LogP contribution is 2.26. The third-order valence-corrected chi connectivity index (χ3v) is 7.94. The Bertz CT molecular complexity index is 1300. The SMILES string of the molecule is COc1ccc(S(=O)(=O)N2CCOCC2)cc1CCC(=O)N(C)Cc1nc(-c2ccc(C)cc2)no1. The van der Waals surface area contributed by atoms with Gasteiger partial charge >= 0.3 is 0 Å². The van der Waals surface area contributed by atoms with Gasteiger partial charge in [-0.3, -0.25) is 4.79 Å². The number of methoxy groups -OCH3 is 1. The van der Waals surface area contributed by atoms with Crippen molar-refractivity contribution in [2.45, 2.75) is 31.2 Å². The van der Waals surface area contributed by atoms with E-state index in [1.807, 2.05) is 31.2 Å². The topological polar surface area (TPSA) is 115 Å². The summed E-state index contributed by atoms with van der Waals surface area (Å²) in [5.41, 5.74) is 2.62. The zero-order chi connectivity index (χ0) is 25.7. The standard InChI is InChI=1S/C25H30N4O6S/c1-18-4-6-19(7-5-18)25-26-23(35-27-25)17-28(2)24(30)11-8-20-16-21(9-10-22(20)33-3)36(31,32)29-12-14-34-15-13-29/h4-7,9-10,16H,8,11-15,17H2,1-3H3. The molecule has 2 aromatic carbocycles. The Labute approximate surface area is 210 Å². The fourth-order valence-corrected chi connectivity index (χ4v) is 5.37. The van der Waals surface area contributed by atoms with Crippen molar-refractivity contribution >= 4 is 15.9 Å². The number of ether oxygens (including phenoxy) is 2. The van der Waals surface area contributed by atoms with Crippen LogP contribution in [-0.4, -0.2) is 74.1 Å². The number of aromatic nitrogens is 2. The largest absolute Gasteiger partial charge is 0.496 e. The van der Waals surface area contributed by atoms with E-state index in [2.05, 4.69) is 10.1 Å². The maximum atomic E-state index is 13.0. The van der Waals surface area contributed by atoms with Gasteiger partial charge in [0.2, 0.25) is 27.6 Å². The Balaban J connectivity index is 1.40. The van der Waals surface area contributed by atoms with Crippen molar-refractivity contribution < 1.29 is 27.2 Å². The molecular weight excluding hydrogens is 484 g/mol. The zero-order valence-electron chi connectivity index (χ0n) is 20.6. The van der Waals surface area contributed by atoms with Crippen LogP contribution in [0.25, 0.3) is 11.4 Å². The van der Waals surface area contributed by atoms with Crippen LogP contribution in [0.3, 0.4) is 0 Å². The van der Waals surface area contributed by atoms with Gasteiger partial charge < -0.3 is 18.9 Å². The third-order valence-electron chi connectivity index (χ3n) is 6.04. The van der Waals surface area contributed by atoms with Gasteiger partial charge in [-0.1, -0.05) is 35.0 Å². The fourth-order valence-electron chi connectivity index (χ4n) is 3.91. The fraction of sp³-hybridized carbons (Fsp3) is 0.400. The minimum atomic E-state index is -3.65. The van der Waals surface area contributed by atoms with Gasteiger partial charge in [0.25, 0.3) is 0 Å². The first-order valence-corrected chi connectivity index (χ1v) is 13.1. The van der Waals surface area contributed by atoms with Crippen molar-refractivity contribution in [3.05, 3.63) is 59.5 Å². The number of morpholine rings is 1. The molecule has 36 heavy (non-hydrogen) atoms. The van der Waals surface area contributed by atoms with E-state index in [-0.39, 0.29) is 23.8 Å². The number of amides is 1. The number of carbonyl (C=O) groups is 1. The second kappa shape index (κ2) is 11.2. The molecular formula is C25H30N4O6S. The van der Waals surface area contributed by atoms with Gasteiger partial charge in [0.1, 0.15) is 5.75 Å². The van der Waals surface area contributed by atoms with Gasteiger partial charge in [-0.2, -0.15) is 9.29 Å². The summed E-state index contributed by atoms with van der Waals surface area (Å²) in [7, 11) is -0.474. The van der Waals surface area contributed by atoms with E-state index in [1.165, 1.54) is 22.4 Å². The summed E-state index contributed by atoms with van der Waals surface area (Å²) in [5.74, 6) is 1.19. The molecule has 1 saturated heterocycles. The van der Waals surface area contributed by atoms with Gasteiger partial charge in [-0.25, -0.2) is 8.42 Å². The lowest BCUT2D eigenvalue weighted by Gasteiger charge is -2.26. The molecule has 0 atom stereocenters. The average molecular weight is 515 g/mol. The van der Waals surface area contributed by atoms with Crippen molar-refractivity contribution in [3.8, 4) is 17.1 Å². The van der Waals surface area contributed by atoms with Gasteiger partial charge in [0.15, 0.2) is 0 Å². The Morgan fingerprint density at radius 2 is 1.86 bits per heavy atom. The molecule has 1 aliphatic heterocycles. The lowest BCUT2D eigenvalue weighted by molar-refractivity contribution is -0.130. The van der Waals surface area contributed by atoms with Crippen LogP contribution in [0.2, 0.25) is 0 Å². The van der Waals surface area contributed by atoms with Crippen molar-refractivity contribution in [2.75, 3.05) is 40.5 Å². The quantitative estimate of drug-likeness (QED) is 0.428. The number of aryl methyl sites for hydroxylation is 2. The third kappa shape index (κ3) is 5.92. The molecule has 1 amide bonds. The second-order valence-electron chi connectivity index (χ2n) is 8.62. The molecule has 0 spiro atoms. The Kier molecular flexibility index (Phi) is 8.02. The Morgan fingerprint density at radius 1 is 1.14 bits per heavy atom. The minimum absolute atomic E-state index is 0.145. The first-order chi connectivity index (χ1) is 17.3. The van der Waals surface area contributed by atoms with E-state index in [9.17, 15) is 13.2 Å². The lowest BCUT2D eigenvalue weighted by atomic mass is 10.1. The zero-order valence-corrected chi connectivity index (χ0v) is 21.5. The highest BCUT2D eigenvalue weighted by molar-refractivity contribution is 7.89. The summed E-state index contributed by atoms with van der Waals surface area (Å²) >= 11 is 0. The van der Waals surface area contributed by atoms with E-state index in [0.29, 0.717) is 55.8 Å². The van der Waals surface area contributed by atoms with Crippen LogP contribution in [0, 0.1) is 6.92 Å². The van der Waals surface area contributed by atoms with Crippen LogP contribution in [0.4, 0.5) is 0 Å². The van der Waals surface area contributed by atoms with E-state index in [1.54, 1.807) is 19.2 Å². The number of sulfonamides is 1. The maximum absolute atomic E-state index is 13.0. The van der Waals surface area contributed by atoms with E-state index in [4.69, 9.17) is 14.0 Å². The van der Waals surface area contributed by atoms with Crippen LogP contribution in [0.5, 0.6) is 5.75 Å². The lowest BCUT2D eigenvalue weighted by Crippen LogP contribution is -2.40. The number of hydrogen-bond donors (Lipinski definition) is 0. The number of carbonyl (C=O) groups excluding carboxylic acids is 1. The number of benzene rings is 2. The molecule has 1 aliphatic rings. The molecule has 3 aromatic rings. The molecule has 0 aliphatic carbocycles. The number of rotatable bonds is 9. The minimum Gasteiger partial charge on any atom is -0.496 e. The van der Waals surface area contributed by atoms with E-state index < -0.39 is 10.0 Å². The normalized spacial score (nSPS) is 14.5. The van der Waals surface area contributed by atoms with Crippen molar-refractivity contribution in [3.63, 3.8) is 0 Å². The summed E-state index contributed by atoms with van der Waals surface area (Å²) in [6, 6.07) is 12.5. The smallest absolute Gasteiger partial charge is 0.246 e. The molecule has 4 rings (SSSR count). The van der Waals surface area contributed by atoms with Crippen molar-refractivity contribution in [1.29, 1.82) is 0 Å². The monoisotopic (exact) mass is 514 g/mol. The number of hydrogen-bond acceptors (Lipinski definition) is 8. The van der Waals surface area contributed by atoms with Gasteiger partial charge in [0, 0.05) is 32.1 Å². The van der Waals surface area contributed by atoms with Crippen molar-refractivity contribution in [2.24, 2.45) is 0 Å². The highest BCUT2D eigenvalue weighted by atomic mass is 32.2. The molecule has 0 unspecified atom stereocenters. The predicted molar refractivity (Wildman–Crippen MR) is 132 cm³/mol. The summed E-state index contributed by atoms with van der Waals surface area (Å²) in [4.78, 5) is 18.9. The summed E-state index contributed by atoms with van der Waals surface area (Å²) < 4.78 is 43.5. The predicted octanol–water partition coefficient (Wildman–Crippen LogP) is 2.67. The van der Waals surface area contributed by atoms with Gasteiger partial charge in [0.05, 0.1) is 31.8 Å². The highest BCUT2D eigenvalue weighted by Gasteiger charge is 2.27. The molecule has 2 heterocycles. The molecule has 11 heteroatoms. The van der Waals surface area contributed by atoms with Gasteiger partial charge in [-0.05, 0) is 37.1 Å². The van der Waals surface area contributed by atoms with Crippen LogP contribution in [0.1, 0.15) is 23.4 Å². The Hall–Kier alpha value is -3.28. The van der Waals surface area contributed by atoms with Crippen LogP contribution in [-0.2, 0) is 32.5 Å². The molecule has 0 radical (unpaired) electrons. The second-order valence-corrected chi connectivity index (χ2v) is 10.6. The average Bonchev–Trinajstić information content (AvgIpc) is 3.36. The molecule has 1 fully saturated rings. The molecule has 10 nitrogen and oxygen atoms in total. The van der Waals surface area contributed by atoms with Crippen molar-refractivity contribution in [1.82, 2.24) is 19.3 Å². The molecule has 192 valence electrons. The van der Waals surface area contributed by atoms with E-state index in [0.717, 1.165) is 11.1 Å². The number of nitrogens with zero attached hydrogens (tertiary/aromatic N) is 4. The van der Waals surface area contributed by atoms with E-state index >= 15 is 0 Å². The molecule has 0 N–H and O–H groups in total.